The second-order valence-electron chi connectivity index (χ2n) is 5.32. The van der Waals surface area contributed by atoms with Gasteiger partial charge in [0.25, 0.3) is 0 Å². The Bertz CT molecular complexity index is 403. The Hall–Kier alpha value is -0.930. The predicted octanol–water partition coefficient (Wildman–Crippen LogP) is -5.67. The molecular weight excluding hydrogens is 336 g/mol. The van der Waals surface area contributed by atoms with Crippen LogP contribution in [0.2, 0.25) is 0 Å². The first-order valence-corrected chi connectivity index (χ1v) is 6.99. The van der Waals surface area contributed by atoms with E-state index in [1.54, 1.807) is 0 Å². The van der Waals surface area contributed by atoms with E-state index in [4.69, 9.17) is 24.8 Å². The van der Waals surface area contributed by atoms with Crippen LogP contribution in [0.5, 0.6) is 0 Å². The average molecular weight is 358 g/mol. The van der Waals surface area contributed by atoms with Crippen molar-refractivity contribution < 1.29 is 60.2 Å². The van der Waals surface area contributed by atoms with Gasteiger partial charge in [-0.3, -0.25) is 0 Å². The molecule has 0 bridgehead atoms. The fourth-order valence-electron chi connectivity index (χ4n) is 2.16. The third-order valence-corrected chi connectivity index (χ3v) is 3.62. The molecule has 9 atom stereocenters. The Balaban J connectivity index is 2.94. The van der Waals surface area contributed by atoms with Gasteiger partial charge in [-0.1, -0.05) is 0 Å². The van der Waals surface area contributed by atoms with Gasteiger partial charge >= 0.3 is 5.97 Å². The van der Waals surface area contributed by atoms with Crippen molar-refractivity contribution in [1.29, 1.82) is 0 Å². The van der Waals surface area contributed by atoms with Gasteiger partial charge < -0.3 is 55.4 Å². The van der Waals surface area contributed by atoms with Gasteiger partial charge in [0.05, 0.1) is 13.2 Å². The lowest BCUT2D eigenvalue weighted by Crippen LogP contribution is -2.61. The number of aliphatic hydroxyl groups excluding tert-OH is 8. The number of aliphatic carboxylic acids is 1. The standard InChI is InChI=1S/C12H22O12/c13-1-3(15)10(7(18)8(19)11(21)22)24-12-9(20)6(17)5(16)4(2-14)23-12/h3-10,12-20H,1-2H2,(H,21,22)/t3-,4+,5-,6+,7-,8+,9+,10-,12+/m1/s1. The summed E-state index contributed by atoms with van der Waals surface area (Å²) in [6, 6.07) is 0. The molecule has 0 aromatic heterocycles. The monoisotopic (exact) mass is 358 g/mol. The van der Waals surface area contributed by atoms with E-state index < -0.39 is 74.3 Å². The molecule has 1 aliphatic heterocycles. The first-order valence-electron chi connectivity index (χ1n) is 6.99. The Kier molecular flexibility index (Phi) is 7.88. The normalized spacial score (nSPS) is 35.9. The molecule has 0 amide bonds. The van der Waals surface area contributed by atoms with Crippen molar-refractivity contribution in [2.45, 2.75) is 55.1 Å². The van der Waals surface area contributed by atoms with Crippen molar-refractivity contribution in [2.75, 3.05) is 13.2 Å². The molecule has 0 saturated carbocycles. The molecule has 1 heterocycles. The van der Waals surface area contributed by atoms with Crippen LogP contribution in [0.4, 0.5) is 0 Å². The minimum absolute atomic E-state index is 0.766. The maximum absolute atomic E-state index is 10.7. The molecule has 142 valence electrons. The molecule has 24 heavy (non-hydrogen) atoms. The summed E-state index contributed by atoms with van der Waals surface area (Å²) in [5.41, 5.74) is 0. The first-order chi connectivity index (χ1) is 11.1. The molecule has 0 aromatic carbocycles. The lowest BCUT2D eigenvalue weighted by molar-refractivity contribution is -0.326. The van der Waals surface area contributed by atoms with Crippen LogP contribution in [0.15, 0.2) is 0 Å². The lowest BCUT2D eigenvalue weighted by atomic mass is 9.98. The molecule has 9 N–H and O–H groups in total. The van der Waals surface area contributed by atoms with Crippen molar-refractivity contribution in [3.8, 4) is 0 Å². The van der Waals surface area contributed by atoms with Crippen LogP contribution < -0.4 is 0 Å². The molecule has 0 aromatic rings. The Morgan fingerprint density at radius 2 is 1.62 bits per heavy atom. The highest BCUT2D eigenvalue weighted by molar-refractivity contribution is 5.72. The number of aliphatic hydroxyl groups is 8. The summed E-state index contributed by atoms with van der Waals surface area (Å²) in [6.45, 7) is -1.76. The second-order valence-corrected chi connectivity index (χ2v) is 5.32. The zero-order chi connectivity index (χ0) is 18.6. The molecule has 0 aliphatic carbocycles. The van der Waals surface area contributed by atoms with E-state index in [1.165, 1.54) is 0 Å². The van der Waals surface area contributed by atoms with Crippen molar-refractivity contribution in [1.82, 2.24) is 0 Å². The molecule has 1 rings (SSSR count). The fraction of sp³-hybridized carbons (Fsp3) is 0.917. The number of carboxylic acids is 1. The van der Waals surface area contributed by atoms with Crippen LogP contribution in [-0.2, 0) is 14.3 Å². The third kappa shape index (κ3) is 4.58. The van der Waals surface area contributed by atoms with E-state index in [2.05, 4.69) is 0 Å². The third-order valence-electron chi connectivity index (χ3n) is 3.62. The minimum atomic E-state index is -2.39. The summed E-state index contributed by atoms with van der Waals surface area (Å²) < 4.78 is 9.98. The van der Waals surface area contributed by atoms with Gasteiger partial charge in [-0.05, 0) is 0 Å². The number of carboxylic acid groups (broad SMARTS) is 1. The van der Waals surface area contributed by atoms with Gasteiger partial charge in [0.15, 0.2) is 12.4 Å². The predicted molar refractivity (Wildman–Crippen MR) is 71.4 cm³/mol. The summed E-state index contributed by atoms with van der Waals surface area (Å²) in [7, 11) is 0. The van der Waals surface area contributed by atoms with Crippen molar-refractivity contribution in [3.05, 3.63) is 0 Å². The Labute approximate surface area is 135 Å². The molecular formula is C12H22O12. The summed E-state index contributed by atoms with van der Waals surface area (Å²) >= 11 is 0. The van der Waals surface area contributed by atoms with E-state index in [-0.39, 0.29) is 0 Å². The second kappa shape index (κ2) is 8.96. The molecule has 12 nitrogen and oxygen atoms in total. The van der Waals surface area contributed by atoms with Gasteiger partial charge in [-0.15, -0.1) is 0 Å². The summed E-state index contributed by atoms with van der Waals surface area (Å²) in [5, 5.41) is 84.5. The highest BCUT2D eigenvalue weighted by atomic mass is 16.7. The van der Waals surface area contributed by atoms with Crippen LogP contribution in [0.3, 0.4) is 0 Å². The lowest BCUT2D eigenvalue weighted by Gasteiger charge is -2.42. The highest BCUT2D eigenvalue weighted by Gasteiger charge is 2.47. The van der Waals surface area contributed by atoms with E-state index in [0.29, 0.717) is 0 Å². The van der Waals surface area contributed by atoms with Gasteiger partial charge in [0.1, 0.15) is 42.7 Å². The van der Waals surface area contributed by atoms with Gasteiger partial charge in [0.2, 0.25) is 0 Å². The van der Waals surface area contributed by atoms with E-state index in [0.717, 1.165) is 0 Å². The topological polar surface area (TPSA) is 218 Å². The quantitative estimate of drug-likeness (QED) is 0.198. The Morgan fingerprint density at radius 3 is 2.08 bits per heavy atom. The van der Waals surface area contributed by atoms with Crippen LogP contribution in [0.25, 0.3) is 0 Å². The van der Waals surface area contributed by atoms with Crippen LogP contribution in [-0.4, -0.2) is 120 Å². The van der Waals surface area contributed by atoms with Gasteiger partial charge in [0, 0.05) is 0 Å². The number of hydrogen-bond acceptors (Lipinski definition) is 11. The zero-order valence-electron chi connectivity index (χ0n) is 12.4. The van der Waals surface area contributed by atoms with Gasteiger partial charge in [-0.25, -0.2) is 4.79 Å². The average Bonchev–Trinajstić information content (AvgIpc) is 2.57. The number of carbonyl (C=O) groups is 1. The summed E-state index contributed by atoms with van der Waals surface area (Å²) in [6.07, 6.45) is -16.9. The number of rotatable bonds is 8. The van der Waals surface area contributed by atoms with Gasteiger partial charge in [-0.2, -0.15) is 0 Å². The van der Waals surface area contributed by atoms with Crippen LogP contribution in [0, 0.1) is 0 Å². The highest BCUT2D eigenvalue weighted by Crippen LogP contribution is 2.24. The summed E-state index contributed by atoms with van der Waals surface area (Å²) in [5.74, 6) is -1.84. The molecule has 1 fully saturated rings. The zero-order valence-corrected chi connectivity index (χ0v) is 12.4. The molecule has 1 aliphatic rings. The van der Waals surface area contributed by atoms with Crippen LogP contribution >= 0.6 is 0 Å². The number of ether oxygens (including phenoxy) is 2. The first kappa shape index (κ1) is 21.1. The van der Waals surface area contributed by atoms with E-state index in [1.807, 2.05) is 0 Å². The molecule has 0 radical (unpaired) electrons. The molecule has 0 spiro atoms. The minimum Gasteiger partial charge on any atom is -0.479 e. The largest absolute Gasteiger partial charge is 0.479 e. The molecule has 12 heteroatoms. The van der Waals surface area contributed by atoms with E-state index in [9.17, 15) is 35.4 Å². The number of hydrogen-bond donors (Lipinski definition) is 9. The smallest absolute Gasteiger partial charge is 0.335 e. The van der Waals surface area contributed by atoms with Crippen molar-refractivity contribution >= 4 is 5.97 Å². The van der Waals surface area contributed by atoms with Crippen molar-refractivity contribution in [2.24, 2.45) is 0 Å². The molecule has 1 saturated heterocycles. The Morgan fingerprint density at radius 1 is 1.04 bits per heavy atom. The summed E-state index contributed by atoms with van der Waals surface area (Å²) in [4.78, 5) is 10.7. The maximum Gasteiger partial charge on any atom is 0.335 e. The van der Waals surface area contributed by atoms with E-state index >= 15 is 0 Å². The molecule has 0 unspecified atom stereocenters. The van der Waals surface area contributed by atoms with Crippen molar-refractivity contribution in [3.63, 3.8) is 0 Å². The maximum atomic E-state index is 10.7. The fourth-order valence-corrected chi connectivity index (χ4v) is 2.16. The SMILES string of the molecule is O=C(O)[C@@H](O)[C@@H](O)[C@H](O[C@@H]1O[C@@H](CO)[C@@H](O)[C@H](O)[C@@H]1O)[C@H](O)CO. The van der Waals surface area contributed by atoms with Crippen LogP contribution in [0.1, 0.15) is 0 Å².